The Morgan fingerprint density at radius 2 is 1.80 bits per heavy atom. The molecule has 25 heavy (non-hydrogen) atoms. The molecule has 0 aliphatic rings. The van der Waals surface area contributed by atoms with Gasteiger partial charge in [0.2, 0.25) is 10.0 Å². The van der Waals surface area contributed by atoms with E-state index in [9.17, 15) is 13.2 Å². The number of sulfonamides is 1. The Labute approximate surface area is 144 Å². The first kappa shape index (κ1) is 17.3. The van der Waals surface area contributed by atoms with Gasteiger partial charge in [0, 0.05) is 17.7 Å². The van der Waals surface area contributed by atoms with Crippen LogP contribution in [0.5, 0.6) is 0 Å². The zero-order chi connectivity index (χ0) is 18.0. The number of para-hydroxylation sites is 1. The van der Waals surface area contributed by atoms with Crippen molar-refractivity contribution >= 4 is 21.0 Å². The number of hydrogen-bond donors (Lipinski definition) is 2. The van der Waals surface area contributed by atoms with Crippen molar-refractivity contribution in [3.63, 3.8) is 0 Å². The molecule has 3 rings (SSSR count). The molecule has 130 valence electrons. The van der Waals surface area contributed by atoms with Crippen molar-refractivity contribution in [3.05, 3.63) is 64.3 Å². The minimum Gasteiger partial charge on any atom is -0.454 e. The molecule has 2 aromatic carbocycles. The van der Waals surface area contributed by atoms with Gasteiger partial charge in [-0.3, -0.25) is 4.79 Å². The van der Waals surface area contributed by atoms with Gasteiger partial charge in [-0.1, -0.05) is 36.4 Å². The van der Waals surface area contributed by atoms with Crippen LogP contribution in [0, 0.1) is 6.92 Å². The van der Waals surface area contributed by atoms with Gasteiger partial charge in [-0.2, -0.15) is 0 Å². The van der Waals surface area contributed by atoms with Crippen LogP contribution in [0.2, 0.25) is 0 Å². The highest BCUT2D eigenvalue weighted by atomic mass is 32.2. The van der Waals surface area contributed by atoms with Crippen molar-refractivity contribution in [1.29, 1.82) is 0 Å². The van der Waals surface area contributed by atoms with E-state index >= 15 is 0 Å². The number of aliphatic hydroxyl groups excluding tert-OH is 1. The van der Waals surface area contributed by atoms with Crippen LogP contribution in [0.1, 0.15) is 5.56 Å². The maximum atomic E-state index is 12.7. The Bertz CT molecular complexity index is 1070. The van der Waals surface area contributed by atoms with Gasteiger partial charge in [0.15, 0.2) is 11.0 Å². The normalized spacial score (nSPS) is 11.8. The summed E-state index contributed by atoms with van der Waals surface area (Å²) < 4.78 is 33.1. The minimum atomic E-state index is -3.92. The van der Waals surface area contributed by atoms with E-state index in [1.54, 1.807) is 19.1 Å². The molecular formula is C18H17NO5S. The molecule has 0 radical (unpaired) electrons. The van der Waals surface area contributed by atoms with E-state index in [4.69, 9.17) is 9.52 Å². The summed E-state index contributed by atoms with van der Waals surface area (Å²) in [5.41, 5.74) is 0.827. The number of nitrogens with one attached hydrogen (secondary N) is 1. The van der Waals surface area contributed by atoms with Crippen molar-refractivity contribution in [2.45, 2.75) is 11.8 Å². The number of hydrogen-bond acceptors (Lipinski definition) is 5. The van der Waals surface area contributed by atoms with Gasteiger partial charge >= 0.3 is 0 Å². The zero-order valence-corrected chi connectivity index (χ0v) is 14.3. The highest BCUT2D eigenvalue weighted by Crippen LogP contribution is 2.28. The summed E-state index contributed by atoms with van der Waals surface area (Å²) in [7, 11) is -3.92. The highest BCUT2D eigenvalue weighted by Gasteiger charge is 2.22. The lowest BCUT2D eigenvalue weighted by molar-refractivity contribution is 0.301. The molecule has 0 saturated heterocycles. The van der Waals surface area contributed by atoms with Crippen molar-refractivity contribution in [2.75, 3.05) is 13.2 Å². The van der Waals surface area contributed by atoms with E-state index in [-0.39, 0.29) is 34.4 Å². The highest BCUT2D eigenvalue weighted by molar-refractivity contribution is 7.89. The lowest BCUT2D eigenvalue weighted by Gasteiger charge is -2.11. The first-order valence-electron chi connectivity index (χ1n) is 7.68. The summed E-state index contributed by atoms with van der Waals surface area (Å²) in [6.07, 6.45) is 0. The third-order valence-electron chi connectivity index (χ3n) is 3.84. The van der Waals surface area contributed by atoms with E-state index in [0.717, 1.165) is 0 Å². The number of fused-ring (bicyclic) bond motifs is 1. The summed E-state index contributed by atoms with van der Waals surface area (Å²) in [6.45, 7) is 1.20. The summed E-state index contributed by atoms with van der Waals surface area (Å²) >= 11 is 0. The van der Waals surface area contributed by atoms with Gasteiger partial charge < -0.3 is 9.52 Å². The molecule has 1 aromatic heterocycles. The van der Waals surface area contributed by atoms with Crippen LogP contribution < -0.4 is 10.2 Å². The van der Waals surface area contributed by atoms with Crippen molar-refractivity contribution in [1.82, 2.24) is 4.72 Å². The van der Waals surface area contributed by atoms with Gasteiger partial charge in [0.25, 0.3) is 0 Å². The first-order valence-corrected chi connectivity index (χ1v) is 9.16. The lowest BCUT2D eigenvalue weighted by atomic mass is 10.1. The van der Waals surface area contributed by atoms with Crippen LogP contribution in [0.25, 0.3) is 22.3 Å². The molecule has 6 nitrogen and oxygen atoms in total. The van der Waals surface area contributed by atoms with Gasteiger partial charge in [-0.25, -0.2) is 13.1 Å². The maximum absolute atomic E-state index is 12.7. The molecule has 7 heteroatoms. The molecule has 0 spiro atoms. The summed E-state index contributed by atoms with van der Waals surface area (Å²) in [5.74, 6) is 0.336. The molecule has 3 aromatic rings. The number of aliphatic hydroxyl groups is 1. The fourth-order valence-electron chi connectivity index (χ4n) is 2.62. The van der Waals surface area contributed by atoms with Gasteiger partial charge in [0.05, 0.1) is 12.0 Å². The quantitative estimate of drug-likeness (QED) is 0.727. The Morgan fingerprint density at radius 1 is 1.08 bits per heavy atom. The van der Waals surface area contributed by atoms with Crippen molar-refractivity contribution < 1.29 is 17.9 Å². The van der Waals surface area contributed by atoms with Crippen LogP contribution in [0.4, 0.5) is 0 Å². The number of rotatable bonds is 5. The molecule has 0 atom stereocenters. The summed E-state index contributed by atoms with van der Waals surface area (Å²) in [4.78, 5) is 12.6. The Balaban J connectivity index is 2.32. The molecule has 0 amide bonds. The second kappa shape index (κ2) is 6.79. The third-order valence-corrected chi connectivity index (χ3v) is 5.32. The monoisotopic (exact) mass is 359 g/mol. The molecule has 1 heterocycles. The second-order valence-corrected chi connectivity index (χ2v) is 7.24. The largest absolute Gasteiger partial charge is 0.454 e. The van der Waals surface area contributed by atoms with E-state index in [1.807, 2.05) is 18.2 Å². The van der Waals surface area contributed by atoms with Gasteiger partial charge in [-0.15, -0.1) is 0 Å². The molecular weight excluding hydrogens is 342 g/mol. The van der Waals surface area contributed by atoms with Crippen LogP contribution in [-0.2, 0) is 10.0 Å². The maximum Gasteiger partial charge on any atom is 0.244 e. The van der Waals surface area contributed by atoms with Crippen LogP contribution in [-0.4, -0.2) is 26.7 Å². The van der Waals surface area contributed by atoms with Crippen LogP contribution >= 0.6 is 0 Å². The molecule has 0 aliphatic carbocycles. The fraction of sp³-hybridized carbons (Fsp3) is 0.167. The molecule has 0 aliphatic heterocycles. The minimum absolute atomic E-state index is 0.00222. The number of benzene rings is 2. The SMILES string of the molecule is Cc1c(-c2ccccc2)oc2c(S(=O)(=O)NCCO)cccc2c1=O. The molecule has 0 bridgehead atoms. The molecule has 0 fully saturated rings. The van der Waals surface area contributed by atoms with Crippen molar-refractivity contribution in [2.24, 2.45) is 0 Å². The van der Waals surface area contributed by atoms with E-state index in [2.05, 4.69) is 4.72 Å². The van der Waals surface area contributed by atoms with Gasteiger partial charge in [-0.05, 0) is 19.1 Å². The molecule has 0 saturated carbocycles. The summed E-state index contributed by atoms with van der Waals surface area (Å²) in [6, 6.07) is 13.4. The topological polar surface area (TPSA) is 96.6 Å². The van der Waals surface area contributed by atoms with Crippen LogP contribution in [0.15, 0.2) is 62.6 Å². The third kappa shape index (κ3) is 3.21. The van der Waals surface area contributed by atoms with E-state index in [1.165, 1.54) is 18.2 Å². The molecule has 0 unspecified atom stereocenters. The lowest BCUT2D eigenvalue weighted by Crippen LogP contribution is -2.27. The standard InChI is InChI=1S/C18H17NO5S/c1-12-16(21)14-8-5-9-15(25(22,23)19-10-11-20)18(14)24-17(12)13-6-3-2-4-7-13/h2-9,19-20H,10-11H2,1H3. The summed E-state index contributed by atoms with van der Waals surface area (Å²) in [5, 5.41) is 9.06. The predicted molar refractivity (Wildman–Crippen MR) is 94.9 cm³/mol. The Hall–Kier alpha value is -2.48. The average Bonchev–Trinajstić information content (AvgIpc) is 2.63. The van der Waals surface area contributed by atoms with Crippen LogP contribution in [0.3, 0.4) is 0 Å². The molecule has 2 N–H and O–H groups in total. The zero-order valence-electron chi connectivity index (χ0n) is 13.5. The fourth-order valence-corrected chi connectivity index (χ4v) is 3.79. The Kier molecular flexibility index (Phi) is 4.71. The Morgan fingerprint density at radius 3 is 2.48 bits per heavy atom. The van der Waals surface area contributed by atoms with Crippen molar-refractivity contribution in [3.8, 4) is 11.3 Å². The van der Waals surface area contributed by atoms with Gasteiger partial charge in [0.1, 0.15) is 10.7 Å². The second-order valence-electron chi connectivity index (χ2n) is 5.51. The van der Waals surface area contributed by atoms with E-state index < -0.39 is 10.0 Å². The smallest absolute Gasteiger partial charge is 0.244 e. The van der Waals surface area contributed by atoms with E-state index in [0.29, 0.717) is 16.9 Å². The average molecular weight is 359 g/mol. The predicted octanol–water partition coefficient (Wildman–Crippen LogP) is 2.04. The first-order chi connectivity index (χ1) is 12.0.